The molecule has 0 atom stereocenters. The van der Waals surface area contributed by atoms with Crippen molar-refractivity contribution < 1.29 is 17.6 Å². The van der Waals surface area contributed by atoms with Gasteiger partial charge < -0.3 is 4.42 Å². The van der Waals surface area contributed by atoms with Crippen LogP contribution in [0.3, 0.4) is 0 Å². The van der Waals surface area contributed by atoms with E-state index in [1.54, 1.807) is 0 Å². The molecule has 0 amide bonds. The molecule has 1 heterocycles. The Hall–Kier alpha value is -1.84. The fourth-order valence-electron chi connectivity index (χ4n) is 2.58. The summed E-state index contributed by atoms with van der Waals surface area (Å²) in [6.45, 7) is 8.03. The van der Waals surface area contributed by atoms with Crippen molar-refractivity contribution in [3.8, 4) is 0 Å². The van der Waals surface area contributed by atoms with Crippen molar-refractivity contribution in [1.29, 1.82) is 0 Å². The molecule has 28 heavy (non-hydrogen) atoms. The van der Waals surface area contributed by atoms with Gasteiger partial charge in [-0.05, 0) is 63.1 Å². The van der Waals surface area contributed by atoms with Gasteiger partial charge >= 0.3 is 33.3 Å². The topological polar surface area (TPSA) is 37.9 Å². The average Bonchev–Trinajstić information content (AvgIpc) is 3.17. The maximum absolute atomic E-state index is 5.97. The maximum atomic E-state index is 5.97. The number of aryl methyl sites for hydroxylation is 2. The van der Waals surface area contributed by atoms with E-state index in [-0.39, 0.29) is 13.1 Å². The fraction of sp³-hybridized carbons (Fsp3) is 0.182. The molecule has 0 aliphatic rings. The second kappa shape index (κ2) is 11.2. The Bertz CT molecular complexity index is 904. The van der Waals surface area contributed by atoms with Crippen LogP contribution in [0.5, 0.6) is 0 Å². The summed E-state index contributed by atoms with van der Waals surface area (Å²) in [7, 11) is 9.53. The first-order valence-electron chi connectivity index (χ1n) is 8.64. The van der Waals surface area contributed by atoms with Crippen LogP contribution in [0.2, 0.25) is 0 Å². The minimum absolute atomic E-state index is 0.194. The molecule has 0 bridgehead atoms. The Morgan fingerprint density at radius 3 is 1.43 bits per heavy atom. The quantitative estimate of drug-likeness (QED) is 0.295. The van der Waals surface area contributed by atoms with E-state index in [2.05, 4.69) is 36.0 Å². The van der Waals surface area contributed by atoms with Crippen LogP contribution in [0.25, 0.3) is 0 Å². The van der Waals surface area contributed by atoms with Crippen LogP contribution in [-0.2, 0) is 13.1 Å². The average molecular weight is 457 g/mol. The zero-order valence-corrected chi connectivity index (χ0v) is 18.8. The Kier molecular flexibility index (Phi) is 9.00. The van der Waals surface area contributed by atoms with Crippen molar-refractivity contribution in [2.24, 2.45) is 9.98 Å². The van der Waals surface area contributed by atoms with Crippen molar-refractivity contribution in [2.75, 3.05) is 0 Å². The first-order valence-corrected chi connectivity index (χ1v) is 11.7. The Morgan fingerprint density at radius 1 is 0.714 bits per heavy atom. The summed E-state index contributed by atoms with van der Waals surface area (Å²) in [6.07, 6.45) is 0. The molecule has 1 aromatic heterocycles. The van der Waals surface area contributed by atoms with Gasteiger partial charge in [0.1, 0.15) is 11.5 Å². The van der Waals surface area contributed by atoms with Crippen molar-refractivity contribution >= 4 is 43.0 Å². The zero-order valence-electron chi connectivity index (χ0n) is 16.2. The van der Waals surface area contributed by atoms with E-state index in [1.807, 2.05) is 62.4 Å². The molecule has 3 rings (SSSR count). The standard InChI is InChI=1S/C22H22N2O.2ClH.Fe/c1-15-9-5-7-11-19(15)23-17(3)21-13-14-22(25-21)18(4)24-20-12-8-6-10-16(20)2;;;/h5-14H,1-4H3;2*1H;/q;;;+2/p-2. The molecule has 0 aliphatic heterocycles. The fourth-order valence-corrected chi connectivity index (χ4v) is 2.58. The van der Waals surface area contributed by atoms with Crippen molar-refractivity contribution in [2.45, 2.75) is 27.7 Å². The number of aliphatic imine (C=N–C) groups is 2. The molecular weight excluding hydrogens is 435 g/mol. The monoisotopic (exact) mass is 456 g/mol. The van der Waals surface area contributed by atoms with Gasteiger partial charge in [-0.15, -0.1) is 0 Å². The number of furan rings is 1. The molecule has 0 saturated carbocycles. The molecule has 0 aliphatic carbocycles. The first-order chi connectivity index (χ1) is 13.5. The molecule has 0 unspecified atom stereocenters. The van der Waals surface area contributed by atoms with Gasteiger partial charge in [-0.2, -0.15) is 0 Å². The van der Waals surface area contributed by atoms with Crippen LogP contribution in [-0.4, -0.2) is 11.4 Å². The van der Waals surface area contributed by atoms with Crippen LogP contribution < -0.4 is 0 Å². The van der Waals surface area contributed by atoms with Crippen molar-refractivity contribution in [3.63, 3.8) is 0 Å². The Morgan fingerprint density at radius 2 is 1.07 bits per heavy atom. The van der Waals surface area contributed by atoms with E-state index < -0.39 is 0 Å². The summed E-state index contributed by atoms with van der Waals surface area (Å²) < 4.78 is 5.97. The van der Waals surface area contributed by atoms with Crippen LogP contribution in [0.1, 0.15) is 36.5 Å². The number of halogens is 2. The van der Waals surface area contributed by atoms with Gasteiger partial charge in [0.05, 0.1) is 22.8 Å². The number of hydrogen-bond acceptors (Lipinski definition) is 3. The molecule has 0 saturated heterocycles. The Labute approximate surface area is 181 Å². The molecule has 2 aromatic carbocycles. The van der Waals surface area contributed by atoms with E-state index in [4.69, 9.17) is 24.6 Å². The Balaban J connectivity index is 0.000000878. The minimum atomic E-state index is 0.194. The summed E-state index contributed by atoms with van der Waals surface area (Å²) in [5, 5.41) is 0. The third-order valence-corrected chi connectivity index (χ3v) is 4.13. The van der Waals surface area contributed by atoms with Crippen molar-refractivity contribution in [1.82, 2.24) is 0 Å². The van der Waals surface area contributed by atoms with Crippen LogP contribution in [0.4, 0.5) is 11.4 Å². The molecule has 0 radical (unpaired) electrons. The predicted octanol–water partition coefficient (Wildman–Crippen LogP) is 7.55. The third-order valence-electron chi connectivity index (χ3n) is 4.13. The molecule has 0 fully saturated rings. The van der Waals surface area contributed by atoms with Crippen molar-refractivity contribution in [3.05, 3.63) is 83.3 Å². The third kappa shape index (κ3) is 6.35. The van der Waals surface area contributed by atoms with E-state index in [0.717, 1.165) is 45.4 Å². The molecule has 148 valence electrons. The molecular formula is C22H22Cl2FeN2O. The summed E-state index contributed by atoms with van der Waals surface area (Å²) in [5.74, 6) is 1.52. The summed E-state index contributed by atoms with van der Waals surface area (Å²) >= 11 is 0.194. The number of benzene rings is 2. The van der Waals surface area contributed by atoms with Gasteiger partial charge in [-0.1, -0.05) is 36.4 Å². The molecule has 3 nitrogen and oxygen atoms in total. The number of para-hydroxylation sites is 2. The van der Waals surface area contributed by atoms with Gasteiger partial charge in [0, 0.05) is 0 Å². The van der Waals surface area contributed by atoms with E-state index in [9.17, 15) is 0 Å². The normalized spacial score (nSPS) is 11.9. The van der Waals surface area contributed by atoms with Gasteiger partial charge in [0.2, 0.25) is 0 Å². The molecule has 6 heteroatoms. The molecule has 0 N–H and O–H groups in total. The zero-order chi connectivity index (χ0) is 20.5. The van der Waals surface area contributed by atoms with Gasteiger partial charge in [-0.25, -0.2) is 9.98 Å². The molecule has 3 aromatic rings. The first kappa shape index (κ1) is 22.4. The number of nitrogens with zero attached hydrogens (tertiary/aromatic N) is 2. The van der Waals surface area contributed by atoms with Crippen LogP contribution in [0, 0.1) is 13.8 Å². The SMILES string of the molecule is CC(=Nc1ccccc1C)c1ccc(C(C)=Nc2ccccc2C)o1.[Cl][Fe][Cl]. The second-order valence-corrected chi connectivity index (χ2v) is 8.01. The van der Waals surface area contributed by atoms with E-state index >= 15 is 0 Å². The second-order valence-electron chi connectivity index (χ2n) is 6.18. The summed E-state index contributed by atoms with van der Waals surface area (Å²) in [4.78, 5) is 9.37. The predicted molar refractivity (Wildman–Crippen MR) is 117 cm³/mol. The van der Waals surface area contributed by atoms with Crippen LogP contribution in [0.15, 0.2) is 75.1 Å². The number of hydrogen-bond donors (Lipinski definition) is 0. The summed E-state index contributed by atoms with van der Waals surface area (Å²) in [6, 6.07) is 20.0. The van der Waals surface area contributed by atoms with E-state index in [1.165, 1.54) is 0 Å². The van der Waals surface area contributed by atoms with Gasteiger partial charge in [-0.3, -0.25) is 0 Å². The van der Waals surface area contributed by atoms with Gasteiger partial charge in [0.25, 0.3) is 0 Å². The van der Waals surface area contributed by atoms with E-state index in [0.29, 0.717) is 0 Å². The van der Waals surface area contributed by atoms with Crippen LogP contribution >= 0.6 is 20.2 Å². The number of rotatable bonds is 4. The molecule has 0 spiro atoms. The summed E-state index contributed by atoms with van der Waals surface area (Å²) in [5.41, 5.74) is 5.91. The van der Waals surface area contributed by atoms with Gasteiger partial charge in [0.15, 0.2) is 0 Å².